The number of rotatable bonds is 4. The fraction of sp³-hybridized carbons (Fsp3) is 0.812. The summed E-state index contributed by atoms with van der Waals surface area (Å²) in [5.74, 6) is -1.55. The van der Waals surface area contributed by atoms with Gasteiger partial charge in [-0.15, -0.1) is 0 Å². The molecule has 1 saturated heterocycles. The highest BCUT2D eigenvalue weighted by atomic mass is 16.6. The topological polar surface area (TPSA) is 105 Å². The number of hydrogen-bond acceptors (Lipinski definition) is 6. The van der Waals surface area contributed by atoms with E-state index in [9.17, 15) is 14.4 Å². The minimum atomic E-state index is -0.987. The van der Waals surface area contributed by atoms with Crippen molar-refractivity contribution in [3.63, 3.8) is 0 Å². The highest BCUT2D eigenvalue weighted by Crippen LogP contribution is 2.19. The lowest BCUT2D eigenvalue weighted by Gasteiger charge is -2.31. The van der Waals surface area contributed by atoms with E-state index in [-0.39, 0.29) is 19.5 Å². The SMILES string of the molecule is CC(C)(C)OC(=O)CN(C(=O)OC(C)(C)C)[C@H]1CN[C@H](C(=O)O)C1. The van der Waals surface area contributed by atoms with Crippen molar-refractivity contribution < 1.29 is 29.0 Å². The van der Waals surface area contributed by atoms with Gasteiger partial charge in [-0.1, -0.05) is 0 Å². The van der Waals surface area contributed by atoms with Crippen LogP contribution in [0.5, 0.6) is 0 Å². The molecular formula is C16H28N2O6. The standard InChI is InChI=1S/C16H28N2O6/c1-15(2,3)23-12(19)9-18(14(22)24-16(4,5)6)10-7-11(13(20)21)17-8-10/h10-11,17H,7-9H2,1-6H3,(H,20,21)/t10-,11+/m1/s1. The number of carbonyl (C=O) groups excluding carboxylic acids is 2. The third-order valence-electron chi connectivity index (χ3n) is 3.19. The van der Waals surface area contributed by atoms with Crippen molar-refractivity contribution in [2.24, 2.45) is 0 Å². The Balaban J connectivity index is 2.86. The minimum absolute atomic E-state index is 0.206. The van der Waals surface area contributed by atoms with Gasteiger partial charge in [-0.05, 0) is 48.0 Å². The molecule has 0 bridgehead atoms. The van der Waals surface area contributed by atoms with Crippen molar-refractivity contribution in [2.45, 2.75) is 71.2 Å². The zero-order valence-electron chi connectivity index (χ0n) is 15.2. The summed E-state index contributed by atoms with van der Waals surface area (Å²) in [6, 6.07) is -1.20. The predicted octanol–water partition coefficient (Wildman–Crippen LogP) is 1.38. The highest BCUT2D eigenvalue weighted by molar-refractivity contribution is 5.79. The first-order valence-electron chi connectivity index (χ1n) is 7.96. The lowest BCUT2D eigenvalue weighted by atomic mass is 10.1. The van der Waals surface area contributed by atoms with E-state index in [1.807, 2.05) is 0 Å². The number of aliphatic carboxylic acids is 1. The van der Waals surface area contributed by atoms with Crippen LogP contribution in [0.4, 0.5) is 4.79 Å². The second-order valence-corrected chi connectivity index (χ2v) is 7.88. The van der Waals surface area contributed by atoms with E-state index in [0.29, 0.717) is 0 Å². The highest BCUT2D eigenvalue weighted by Gasteiger charge is 2.38. The van der Waals surface area contributed by atoms with Gasteiger partial charge in [-0.25, -0.2) is 4.79 Å². The summed E-state index contributed by atoms with van der Waals surface area (Å²) in [6.45, 7) is 10.4. The van der Waals surface area contributed by atoms with Crippen LogP contribution in [0.2, 0.25) is 0 Å². The number of carboxylic acid groups (broad SMARTS) is 1. The van der Waals surface area contributed by atoms with Gasteiger partial charge < -0.3 is 19.9 Å². The van der Waals surface area contributed by atoms with Crippen molar-refractivity contribution in [1.82, 2.24) is 10.2 Å². The van der Waals surface area contributed by atoms with Crippen molar-refractivity contribution >= 4 is 18.0 Å². The molecule has 1 aliphatic heterocycles. The van der Waals surface area contributed by atoms with Gasteiger partial charge in [-0.2, -0.15) is 0 Å². The molecule has 1 fully saturated rings. The van der Waals surface area contributed by atoms with Crippen LogP contribution < -0.4 is 5.32 Å². The van der Waals surface area contributed by atoms with E-state index in [2.05, 4.69) is 5.32 Å². The summed E-state index contributed by atoms with van der Waals surface area (Å²) in [5.41, 5.74) is -1.39. The third-order valence-corrected chi connectivity index (χ3v) is 3.19. The number of ether oxygens (including phenoxy) is 2. The van der Waals surface area contributed by atoms with Crippen LogP contribution in [0, 0.1) is 0 Å². The quantitative estimate of drug-likeness (QED) is 0.742. The summed E-state index contributed by atoms with van der Waals surface area (Å²) < 4.78 is 10.6. The zero-order valence-corrected chi connectivity index (χ0v) is 15.2. The molecule has 0 aromatic heterocycles. The molecule has 0 spiro atoms. The van der Waals surface area contributed by atoms with Gasteiger partial charge in [0.05, 0.1) is 6.04 Å². The number of nitrogens with zero attached hydrogens (tertiary/aromatic N) is 1. The number of nitrogens with one attached hydrogen (secondary N) is 1. The summed E-state index contributed by atoms with van der Waals surface area (Å²) in [6.07, 6.45) is -0.455. The number of hydrogen-bond donors (Lipinski definition) is 2. The molecule has 2 N–H and O–H groups in total. The van der Waals surface area contributed by atoms with E-state index in [1.54, 1.807) is 41.5 Å². The van der Waals surface area contributed by atoms with Crippen LogP contribution in [0.15, 0.2) is 0 Å². The molecule has 0 aliphatic carbocycles. The van der Waals surface area contributed by atoms with Gasteiger partial charge >= 0.3 is 18.0 Å². The van der Waals surface area contributed by atoms with E-state index in [1.165, 1.54) is 4.90 Å². The van der Waals surface area contributed by atoms with Crippen molar-refractivity contribution in [3.05, 3.63) is 0 Å². The smallest absolute Gasteiger partial charge is 0.411 e. The Morgan fingerprint density at radius 3 is 2.04 bits per heavy atom. The van der Waals surface area contributed by atoms with Gasteiger partial charge in [0.15, 0.2) is 0 Å². The summed E-state index contributed by atoms with van der Waals surface area (Å²) in [5, 5.41) is 11.9. The molecule has 8 nitrogen and oxygen atoms in total. The van der Waals surface area contributed by atoms with Gasteiger partial charge in [-0.3, -0.25) is 14.5 Å². The van der Waals surface area contributed by atoms with E-state index < -0.39 is 41.3 Å². The van der Waals surface area contributed by atoms with Crippen LogP contribution in [-0.4, -0.2) is 64.4 Å². The number of esters is 1. The molecule has 0 unspecified atom stereocenters. The first-order chi connectivity index (χ1) is 10.8. The first-order valence-corrected chi connectivity index (χ1v) is 7.96. The second kappa shape index (κ2) is 7.38. The Bertz CT molecular complexity index is 492. The van der Waals surface area contributed by atoms with Gasteiger partial charge in [0, 0.05) is 6.54 Å². The van der Waals surface area contributed by atoms with Crippen LogP contribution in [0.25, 0.3) is 0 Å². The molecule has 0 aromatic rings. The molecule has 0 radical (unpaired) electrons. The third kappa shape index (κ3) is 6.74. The van der Waals surface area contributed by atoms with Crippen LogP contribution in [0.3, 0.4) is 0 Å². The largest absolute Gasteiger partial charge is 0.480 e. The number of carbonyl (C=O) groups is 3. The Morgan fingerprint density at radius 1 is 1.08 bits per heavy atom. The lowest BCUT2D eigenvalue weighted by molar-refractivity contribution is -0.156. The number of amides is 1. The Labute approximate surface area is 142 Å². The fourth-order valence-corrected chi connectivity index (χ4v) is 2.32. The Hall–Kier alpha value is -1.83. The Kier molecular flexibility index (Phi) is 6.21. The lowest BCUT2D eigenvalue weighted by Crippen LogP contribution is -2.48. The molecule has 1 rings (SSSR count). The molecule has 2 atom stereocenters. The Morgan fingerprint density at radius 2 is 1.62 bits per heavy atom. The average Bonchev–Trinajstić information content (AvgIpc) is 2.80. The van der Waals surface area contributed by atoms with E-state index >= 15 is 0 Å². The van der Waals surface area contributed by atoms with E-state index in [4.69, 9.17) is 14.6 Å². The molecule has 0 aromatic carbocycles. The van der Waals surface area contributed by atoms with Crippen LogP contribution >= 0.6 is 0 Å². The number of carboxylic acids is 1. The normalized spacial score (nSPS) is 21.2. The molecule has 1 aliphatic rings. The molecule has 1 heterocycles. The maximum Gasteiger partial charge on any atom is 0.411 e. The molecule has 8 heteroatoms. The summed E-state index contributed by atoms with van der Waals surface area (Å²) in [7, 11) is 0. The van der Waals surface area contributed by atoms with Crippen molar-refractivity contribution in [2.75, 3.05) is 13.1 Å². The molecular weight excluding hydrogens is 316 g/mol. The van der Waals surface area contributed by atoms with Crippen molar-refractivity contribution in [3.8, 4) is 0 Å². The first kappa shape index (κ1) is 20.2. The summed E-state index contributed by atoms with van der Waals surface area (Å²) >= 11 is 0. The molecule has 138 valence electrons. The second-order valence-electron chi connectivity index (χ2n) is 7.88. The molecule has 1 amide bonds. The van der Waals surface area contributed by atoms with Crippen molar-refractivity contribution in [1.29, 1.82) is 0 Å². The maximum absolute atomic E-state index is 12.4. The van der Waals surface area contributed by atoms with E-state index in [0.717, 1.165) is 0 Å². The predicted molar refractivity (Wildman–Crippen MR) is 86.6 cm³/mol. The molecule has 24 heavy (non-hydrogen) atoms. The summed E-state index contributed by atoms with van der Waals surface area (Å²) in [4.78, 5) is 36.9. The molecule has 0 saturated carbocycles. The van der Waals surface area contributed by atoms with Gasteiger partial charge in [0.25, 0.3) is 0 Å². The fourth-order valence-electron chi connectivity index (χ4n) is 2.32. The van der Waals surface area contributed by atoms with Gasteiger partial charge in [0.2, 0.25) is 0 Å². The zero-order chi connectivity index (χ0) is 18.7. The minimum Gasteiger partial charge on any atom is -0.480 e. The van der Waals surface area contributed by atoms with Gasteiger partial charge in [0.1, 0.15) is 23.8 Å². The average molecular weight is 344 g/mol. The monoisotopic (exact) mass is 344 g/mol. The van der Waals surface area contributed by atoms with Crippen LogP contribution in [-0.2, 0) is 19.1 Å². The maximum atomic E-state index is 12.4. The van der Waals surface area contributed by atoms with Crippen LogP contribution in [0.1, 0.15) is 48.0 Å².